The van der Waals surface area contributed by atoms with Gasteiger partial charge in [-0.1, -0.05) is 40.2 Å². The number of carbonyl (C=O) groups is 3. The molecule has 0 heterocycles. The Bertz CT molecular complexity index is 1140. The summed E-state index contributed by atoms with van der Waals surface area (Å²) in [5.74, 6) is 0.204. The number of nitrogens with one attached hydrogen (secondary N) is 1. The third-order valence-corrected chi connectivity index (χ3v) is 5.32. The van der Waals surface area contributed by atoms with E-state index in [4.69, 9.17) is 9.47 Å². The van der Waals surface area contributed by atoms with Crippen LogP contribution in [-0.2, 0) is 14.3 Å². The molecule has 1 amide bonds. The molecule has 0 bridgehead atoms. The number of esters is 1. The molecule has 0 aromatic heterocycles. The molecule has 0 saturated carbocycles. The quantitative estimate of drug-likeness (QED) is 0.282. The van der Waals surface area contributed by atoms with Gasteiger partial charge in [-0.3, -0.25) is 14.4 Å². The normalized spacial score (nSPS) is 10.4. The number of halogens is 1. The number of Topliss-reactive ketones (excluding diaryl/α,β-unsaturated/α-hetero) is 1. The number of anilines is 1. The summed E-state index contributed by atoms with van der Waals surface area (Å²) < 4.78 is 11.7. The molecule has 33 heavy (non-hydrogen) atoms. The van der Waals surface area contributed by atoms with Crippen LogP contribution in [0.3, 0.4) is 0 Å². The fraction of sp³-hybridized carbons (Fsp3) is 0.192. The lowest BCUT2D eigenvalue weighted by Crippen LogP contribution is -2.17. The molecule has 0 aliphatic carbocycles. The molecule has 6 nitrogen and oxygen atoms in total. The Labute approximate surface area is 201 Å². The molecule has 1 N–H and O–H groups in total. The number of carbonyl (C=O) groups excluding carboxylic acids is 3. The maximum Gasteiger partial charge on any atom is 0.306 e. The molecular weight excluding hydrogens is 486 g/mol. The summed E-state index contributed by atoms with van der Waals surface area (Å²) in [4.78, 5) is 36.1. The number of hydrogen-bond donors (Lipinski definition) is 1. The number of ketones is 1. The van der Waals surface area contributed by atoms with E-state index in [-0.39, 0.29) is 31.1 Å². The maximum atomic E-state index is 12.1. The molecule has 0 fully saturated rings. The van der Waals surface area contributed by atoms with Gasteiger partial charge in [0.25, 0.3) is 0 Å². The van der Waals surface area contributed by atoms with Crippen LogP contribution in [0.4, 0.5) is 5.69 Å². The van der Waals surface area contributed by atoms with Crippen LogP contribution in [-0.4, -0.2) is 24.3 Å². The molecule has 0 radical (unpaired) electrons. The van der Waals surface area contributed by atoms with Crippen LogP contribution in [0.1, 0.15) is 34.3 Å². The van der Waals surface area contributed by atoms with Gasteiger partial charge in [-0.2, -0.15) is 0 Å². The second kappa shape index (κ2) is 11.4. The number of rotatable bonds is 9. The highest BCUT2D eigenvalue weighted by atomic mass is 79.9. The predicted octanol–water partition coefficient (Wildman–Crippen LogP) is 6.00. The Hall–Kier alpha value is -3.45. The van der Waals surface area contributed by atoms with E-state index in [0.717, 1.165) is 21.3 Å². The number of aryl methyl sites for hydroxylation is 2. The molecule has 0 saturated heterocycles. The first-order valence-corrected chi connectivity index (χ1v) is 11.2. The van der Waals surface area contributed by atoms with Gasteiger partial charge in [0, 0.05) is 22.1 Å². The van der Waals surface area contributed by atoms with Gasteiger partial charge < -0.3 is 14.8 Å². The largest absolute Gasteiger partial charge is 0.457 e. The minimum absolute atomic E-state index is 0.0496. The summed E-state index contributed by atoms with van der Waals surface area (Å²) in [5.41, 5.74) is 3.18. The third kappa shape index (κ3) is 7.57. The molecule has 3 rings (SSSR count). The van der Waals surface area contributed by atoms with Crippen LogP contribution < -0.4 is 10.1 Å². The van der Waals surface area contributed by atoms with Crippen molar-refractivity contribution in [3.63, 3.8) is 0 Å². The predicted molar refractivity (Wildman–Crippen MR) is 130 cm³/mol. The van der Waals surface area contributed by atoms with Gasteiger partial charge in [0.05, 0.1) is 6.42 Å². The summed E-state index contributed by atoms with van der Waals surface area (Å²) in [5, 5.41) is 2.73. The molecular formula is C26H24BrNO5. The van der Waals surface area contributed by atoms with Crippen LogP contribution in [0.5, 0.6) is 11.5 Å². The zero-order valence-electron chi connectivity index (χ0n) is 18.4. The van der Waals surface area contributed by atoms with Gasteiger partial charge >= 0.3 is 5.97 Å². The summed E-state index contributed by atoms with van der Waals surface area (Å²) in [6.45, 7) is 3.62. The zero-order chi connectivity index (χ0) is 23.8. The van der Waals surface area contributed by atoms with E-state index in [2.05, 4.69) is 21.2 Å². The molecule has 170 valence electrons. The van der Waals surface area contributed by atoms with Crippen molar-refractivity contribution in [2.24, 2.45) is 0 Å². The Kier molecular flexibility index (Phi) is 8.38. The lowest BCUT2D eigenvalue weighted by atomic mass is 10.1. The van der Waals surface area contributed by atoms with Crippen LogP contribution in [0.25, 0.3) is 0 Å². The number of ether oxygens (including phenoxy) is 2. The second-order valence-electron chi connectivity index (χ2n) is 7.53. The first-order valence-electron chi connectivity index (χ1n) is 10.4. The van der Waals surface area contributed by atoms with E-state index in [9.17, 15) is 14.4 Å². The lowest BCUT2D eigenvalue weighted by molar-refractivity contribution is -0.143. The molecule has 3 aromatic rings. The Balaban J connectivity index is 1.42. The zero-order valence-corrected chi connectivity index (χ0v) is 20.0. The topological polar surface area (TPSA) is 81.7 Å². The van der Waals surface area contributed by atoms with E-state index in [1.165, 1.54) is 0 Å². The average molecular weight is 510 g/mol. The van der Waals surface area contributed by atoms with Gasteiger partial charge in [0.1, 0.15) is 11.5 Å². The van der Waals surface area contributed by atoms with E-state index in [1.54, 1.807) is 48.5 Å². The molecule has 0 unspecified atom stereocenters. The van der Waals surface area contributed by atoms with Crippen molar-refractivity contribution in [2.45, 2.75) is 26.7 Å². The van der Waals surface area contributed by atoms with Crippen LogP contribution >= 0.6 is 15.9 Å². The average Bonchev–Trinajstić information content (AvgIpc) is 2.80. The van der Waals surface area contributed by atoms with Crippen molar-refractivity contribution in [3.8, 4) is 11.5 Å². The first-order chi connectivity index (χ1) is 15.8. The van der Waals surface area contributed by atoms with E-state index >= 15 is 0 Å². The lowest BCUT2D eigenvalue weighted by Gasteiger charge is -2.11. The highest BCUT2D eigenvalue weighted by Gasteiger charge is 2.12. The number of amides is 1. The van der Waals surface area contributed by atoms with Crippen molar-refractivity contribution in [1.29, 1.82) is 0 Å². The van der Waals surface area contributed by atoms with E-state index in [1.807, 2.05) is 32.0 Å². The fourth-order valence-electron chi connectivity index (χ4n) is 2.93. The fourth-order valence-corrected chi connectivity index (χ4v) is 3.19. The smallest absolute Gasteiger partial charge is 0.306 e. The summed E-state index contributed by atoms with van der Waals surface area (Å²) >= 11 is 3.30. The Morgan fingerprint density at radius 2 is 1.58 bits per heavy atom. The van der Waals surface area contributed by atoms with Crippen molar-refractivity contribution in [1.82, 2.24) is 0 Å². The van der Waals surface area contributed by atoms with Crippen molar-refractivity contribution < 1.29 is 23.9 Å². The highest BCUT2D eigenvalue weighted by Crippen LogP contribution is 2.27. The molecule has 0 atom stereocenters. The highest BCUT2D eigenvalue weighted by molar-refractivity contribution is 9.10. The number of benzene rings is 3. The molecule has 0 aliphatic heterocycles. The molecule has 7 heteroatoms. The van der Waals surface area contributed by atoms with Gasteiger partial charge in [0.15, 0.2) is 12.4 Å². The van der Waals surface area contributed by atoms with E-state index < -0.39 is 5.97 Å². The van der Waals surface area contributed by atoms with Gasteiger partial charge in [-0.05, 0) is 67.4 Å². The molecule has 3 aromatic carbocycles. The van der Waals surface area contributed by atoms with Crippen LogP contribution in [0, 0.1) is 13.8 Å². The Morgan fingerprint density at radius 3 is 2.27 bits per heavy atom. The van der Waals surface area contributed by atoms with Gasteiger partial charge in [-0.15, -0.1) is 0 Å². The first kappa shape index (κ1) is 24.2. The Morgan fingerprint density at radius 1 is 0.879 bits per heavy atom. The minimum Gasteiger partial charge on any atom is -0.457 e. The van der Waals surface area contributed by atoms with Crippen LogP contribution in [0.15, 0.2) is 71.2 Å². The SMILES string of the molecule is Cc1ccc(C)c(Oc2ccc(NC(=O)CCC(=O)OCC(=O)c3ccc(Br)cc3)cc2)c1. The van der Waals surface area contributed by atoms with Crippen molar-refractivity contribution >= 4 is 39.3 Å². The van der Waals surface area contributed by atoms with Crippen molar-refractivity contribution in [3.05, 3.63) is 87.9 Å². The monoisotopic (exact) mass is 509 g/mol. The maximum absolute atomic E-state index is 12.1. The van der Waals surface area contributed by atoms with Gasteiger partial charge in [0.2, 0.25) is 5.91 Å². The third-order valence-electron chi connectivity index (χ3n) is 4.80. The summed E-state index contributed by atoms with van der Waals surface area (Å²) in [7, 11) is 0. The van der Waals surface area contributed by atoms with E-state index in [0.29, 0.717) is 17.0 Å². The molecule has 0 spiro atoms. The second-order valence-corrected chi connectivity index (χ2v) is 8.45. The van der Waals surface area contributed by atoms with Crippen LogP contribution in [0.2, 0.25) is 0 Å². The van der Waals surface area contributed by atoms with Crippen molar-refractivity contribution in [2.75, 3.05) is 11.9 Å². The summed E-state index contributed by atoms with van der Waals surface area (Å²) in [6, 6.07) is 19.7. The standard InChI is InChI=1S/C26H24BrNO5/c1-17-3-4-18(2)24(15-17)33-22-11-9-21(10-12-22)28-25(30)13-14-26(31)32-16-23(29)19-5-7-20(27)8-6-19/h3-12,15H,13-14,16H2,1-2H3,(H,28,30). The minimum atomic E-state index is -0.604. The molecule has 0 aliphatic rings. The van der Waals surface area contributed by atoms with Gasteiger partial charge in [-0.25, -0.2) is 0 Å². The number of hydrogen-bond acceptors (Lipinski definition) is 5. The summed E-state index contributed by atoms with van der Waals surface area (Å²) in [6.07, 6.45) is -0.167.